The molecule has 100 valence electrons. The van der Waals surface area contributed by atoms with Crippen molar-refractivity contribution in [2.24, 2.45) is 0 Å². The van der Waals surface area contributed by atoms with E-state index in [1.807, 2.05) is 19.1 Å². The SMILES string of the molecule is CCCCc1cc(OC(C)=O)cc(C(C)CF)c1. The Kier molecular flexibility index (Phi) is 5.83. The Hall–Kier alpha value is -1.38. The van der Waals surface area contributed by atoms with Crippen molar-refractivity contribution in [1.82, 2.24) is 0 Å². The van der Waals surface area contributed by atoms with Crippen molar-refractivity contribution in [3.63, 3.8) is 0 Å². The first kappa shape index (κ1) is 14.7. The molecule has 1 aromatic rings. The van der Waals surface area contributed by atoms with Gasteiger partial charge in [0.15, 0.2) is 0 Å². The van der Waals surface area contributed by atoms with Gasteiger partial charge >= 0.3 is 5.97 Å². The fourth-order valence-electron chi connectivity index (χ4n) is 1.81. The van der Waals surface area contributed by atoms with Gasteiger partial charge in [0, 0.05) is 12.8 Å². The van der Waals surface area contributed by atoms with Crippen molar-refractivity contribution < 1.29 is 13.9 Å². The lowest BCUT2D eigenvalue weighted by Crippen LogP contribution is -2.04. The lowest BCUT2D eigenvalue weighted by Gasteiger charge is -2.12. The summed E-state index contributed by atoms with van der Waals surface area (Å²) in [5.74, 6) is 0.00813. The third-order valence-corrected chi connectivity index (χ3v) is 2.87. The van der Waals surface area contributed by atoms with E-state index in [9.17, 15) is 9.18 Å². The van der Waals surface area contributed by atoms with E-state index >= 15 is 0 Å². The fraction of sp³-hybridized carbons (Fsp3) is 0.533. The molecule has 0 aliphatic heterocycles. The van der Waals surface area contributed by atoms with Gasteiger partial charge in [0.05, 0.1) is 6.67 Å². The van der Waals surface area contributed by atoms with Crippen molar-refractivity contribution in [2.45, 2.75) is 46.0 Å². The number of rotatable bonds is 6. The largest absolute Gasteiger partial charge is 0.427 e. The standard InChI is InChI=1S/C15H21FO2/c1-4-5-6-13-7-14(11(2)10-16)9-15(8-13)18-12(3)17/h7-9,11H,4-6,10H2,1-3H3. The molecule has 0 saturated carbocycles. The molecule has 0 saturated heterocycles. The summed E-state index contributed by atoms with van der Waals surface area (Å²) in [6.45, 7) is 4.92. The van der Waals surface area contributed by atoms with Gasteiger partial charge in [0.2, 0.25) is 0 Å². The van der Waals surface area contributed by atoms with Crippen LogP contribution >= 0.6 is 0 Å². The number of alkyl halides is 1. The summed E-state index contributed by atoms with van der Waals surface area (Å²) >= 11 is 0. The highest BCUT2D eigenvalue weighted by Gasteiger charge is 2.10. The molecule has 0 bridgehead atoms. The van der Waals surface area contributed by atoms with Crippen LogP contribution in [0.2, 0.25) is 0 Å². The lowest BCUT2D eigenvalue weighted by atomic mass is 9.97. The van der Waals surface area contributed by atoms with Crippen LogP contribution in [-0.2, 0) is 11.2 Å². The van der Waals surface area contributed by atoms with Crippen LogP contribution in [0.3, 0.4) is 0 Å². The van der Waals surface area contributed by atoms with Crippen LogP contribution in [-0.4, -0.2) is 12.6 Å². The maximum atomic E-state index is 12.7. The van der Waals surface area contributed by atoms with Crippen LogP contribution in [0.1, 0.15) is 50.7 Å². The third kappa shape index (κ3) is 4.47. The molecule has 0 aromatic heterocycles. The Morgan fingerprint density at radius 1 is 1.39 bits per heavy atom. The van der Waals surface area contributed by atoms with Crippen LogP contribution in [0.5, 0.6) is 5.75 Å². The highest BCUT2D eigenvalue weighted by atomic mass is 19.1. The normalized spacial score (nSPS) is 12.2. The number of ether oxygens (including phenoxy) is 1. The van der Waals surface area contributed by atoms with Gasteiger partial charge in [0.1, 0.15) is 5.75 Å². The molecule has 0 radical (unpaired) electrons. The van der Waals surface area contributed by atoms with E-state index in [0.29, 0.717) is 5.75 Å². The Morgan fingerprint density at radius 2 is 2.11 bits per heavy atom. The van der Waals surface area contributed by atoms with Gasteiger partial charge in [0.25, 0.3) is 0 Å². The number of esters is 1. The predicted molar refractivity (Wildman–Crippen MR) is 70.8 cm³/mol. The molecule has 0 amide bonds. The quantitative estimate of drug-likeness (QED) is 0.564. The van der Waals surface area contributed by atoms with Gasteiger partial charge in [-0.15, -0.1) is 0 Å². The fourth-order valence-corrected chi connectivity index (χ4v) is 1.81. The summed E-state index contributed by atoms with van der Waals surface area (Å²) in [6, 6.07) is 5.62. The van der Waals surface area contributed by atoms with Gasteiger partial charge in [-0.25, -0.2) is 0 Å². The second-order valence-corrected chi connectivity index (χ2v) is 4.66. The smallest absolute Gasteiger partial charge is 0.308 e. The first-order valence-electron chi connectivity index (χ1n) is 6.45. The number of carbonyl (C=O) groups excluding carboxylic acids is 1. The maximum absolute atomic E-state index is 12.7. The highest BCUT2D eigenvalue weighted by molar-refractivity contribution is 5.69. The van der Waals surface area contributed by atoms with Gasteiger partial charge in [-0.3, -0.25) is 9.18 Å². The average molecular weight is 252 g/mol. The van der Waals surface area contributed by atoms with Gasteiger partial charge in [-0.1, -0.05) is 26.3 Å². The van der Waals surface area contributed by atoms with E-state index in [1.54, 1.807) is 6.07 Å². The van der Waals surface area contributed by atoms with E-state index in [-0.39, 0.29) is 11.9 Å². The number of carbonyl (C=O) groups is 1. The number of aryl methyl sites for hydroxylation is 1. The summed E-state index contributed by atoms with van der Waals surface area (Å²) < 4.78 is 17.9. The van der Waals surface area contributed by atoms with Gasteiger partial charge < -0.3 is 4.74 Å². The lowest BCUT2D eigenvalue weighted by molar-refractivity contribution is -0.131. The van der Waals surface area contributed by atoms with Gasteiger partial charge in [-0.05, 0) is 36.1 Å². The molecule has 0 aliphatic rings. The monoisotopic (exact) mass is 252 g/mol. The van der Waals surface area contributed by atoms with E-state index in [1.165, 1.54) is 6.92 Å². The first-order chi connectivity index (χ1) is 8.56. The second-order valence-electron chi connectivity index (χ2n) is 4.66. The third-order valence-electron chi connectivity index (χ3n) is 2.87. The Morgan fingerprint density at radius 3 is 2.67 bits per heavy atom. The van der Waals surface area contributed by atoms with Crippen LogP contribution in [0.15, 0.2) is 18.2 Å². The molecule has 0 N–H and O–H groups in total. The van der Waals surface area contributed by atoms with Crippen molar-refractivity contribution in [3.8, 4) is 5.75 Å². The Balaban J connectivity index is 2.99. The number of hydrogen-bond donors (Lipinski definition) is 0. The molecule has 1 atom stereocenters. The van der Waals surface area contributed by atoms with E-state index in [0.717, 1.165) is 30.4 Å². The molecule has 0 heterocycles. The topological polar surface area (TPSA) is 26.3 Å². The minimum absolute atomic E-state index is 0.166. The molecule has 1 aromatic carbocycles. The van der Waals surface area contributed by atoms with Crippen molar-refractivity contribution in [2.75, 3.05) is 6.67 Å². The number of halogens is 1. The molecule has 1 unspecified atom stereocenters. The van der Waals surface area contributed by atoms with E-state index in [2.05, 4.69) is 6.92 Å². The predicted octanol–water partition coefficient (Wildman–Crippen LogP) is 4.03. The zero-order chi connectivity index (χ0) is 13.5. The molecule has 0 aliphatic carbocycles. The van der Waals surface area contributed by atoms with Crippen LogP contribution in [0.4, 0.5) is 4.39 Å². The summed E-state index contributed by atoms with van der Waals surface area (Å²) in [5, 5.41) is 0. The Labute approximate surface area is 108 Å². The molecular formula is C15H21FO2. The van der Waals surface area contributed by atoms with E-state index in [4.69, 9.17) is 4.74 Å². The number of benzene rings is 1. The summed E-state index contributed by atoms with van der Waals surface area (Å²) in [5.41, 5.74) is 1.99. The minimum atomic E-state index is -0.406. The van der Waals surface area contributed by atoms with Crippen LogP contribution < -0.4 is 4.74 Å². The molecule has 3 heteroatoms. The summed E-state index contributed by atoms with van der Waals surface area (Å²) in [4.78, 5) is 11.0. The van der Waals surface area contributed by atoms with Gasteiger partial charge in [-0.2, -0.15) is 0 Å². The minimum Gasteiger partial charge on any atom is -0.427 e. The molecular weight excluding hydrogens is 231 g/mol. The molecule has 1 rings (SSSR count). The highest BCUT2D eigenvalue weighted by Crippen LogP contribution is 2.25. The summed E-state index contributed by atoms with van der Waals surface area (Å²) in [7, 11) is 0. The second kappa shape index (κ2) is 7.14. The number of hydrogen-bond acceptors (Lipinski definition) is 2. The molecule has 2 nitrogen and oxygen atoms in total. The Bertz CT molecular complexity index is 401. The average Bonchev–Trinajstić information content (AvgIpc) is 2.34. The van der Waals surface area contributed by atoms with Crippen molar-refractivity contribution in [3.05, 3.63) is 29.3 Å². The zero-order valence-corrected chi connectivity index (χ0v) is 11.3. The summed E-state index contributed by atoms with van der Waals surface area (Å²) in [6.07, 6.45) is 3.11. The molecule has 18 heavy (non-hydrogen) atoms. The molecule has 0 fully saturated rings. The van der Waals surface area contributed by atoms with Crippen LogP contribution in [0, 0.1) is 0 Å². The first-order valence-corrected chi connectivity index (χ1v) is 6.45. The number of unbranched alkanes of at least 4 members (excludes halogenated alkanes) is 1. The van der Waals surface area contributed by atoms with Crippen LogP contribution in [0.25, 0.3) is 0 Å². The zero-order valence-electron chi connectivity index (χ0n) is 11.3. The van der Waals surface area contributed by atoms with Crippen molar-refractivity contribution >= 4 is 5.97 Å². The molecule has 0 spiro atoms. The maximum Gasteiger partial charge on any atom is 0.308 e. The van der Waals surface area contributed by atoms with Crippen molar-refractivity contribution in [1.29, 1.82) is 0 Å². The van der Waals surface area contributed by atoms with E-state index < -0.39 is 6.67 Å².